The van der Waals surface area contributed by atoms with Gasteiger partial charge in [-0.2, -0.15) is 0 Å². The molecule has 7 atom stereocenters. The van der Waals surface area contributed by atoms with Crippen LogP contribution in [0.2, 0.25) is 0 Å². The van der Waals surface area contributed by atoms with Crippen molar-refractivity contribution in [2.24, 2.45) is 17.8 Å². The SMILES string of the molecule is COC(=O)[C@@]12CCCN1[C@@H]1[C@@H](CN3[C@H]1O[C@@H]1C[C@H](C)CC[C@H]1C3(C)C)C2. The van der Waals surface area contributed by atoms with Gasteiger partial charge in [-0.15, -0.1) is 0 Å². The lowest BCUT2D eigenvalue weighted by atomic mass is 9.70. The van der Waals surface area contributed by atoms with Gasteiger partial charge < -0.3 is 9.47 Å². The molecule has 5 heteroatoms. The van der Waals surface area contributed by atoms with Crippen molar-refractivity contribution < 1.29 is 14.3 Å². The molecule has 1 saturated carbocycles. The number of rotatable bonds is 1. The van der Waals surface area contributed by atoms with Crippen LogP contribution in [0.15, 0.2) is 0 Å². The number of fused-ring (bicyclic) bond motifs is 6. The van der Waals surface area contributed by atoms with Gasteiger partial charge in [-0.1, -0.05) is 13.3 Å². The summed E-state index contributed by atoms with van der Waals surface area (Å²) in [5.74, 6) is 1.91. The third kappa shape index (κ3) is 2.11. The van der Waals surface area contributed by atoms with E-state index in [4.69, 9.17) is 9.47 Å². The molecule has 4 saturated heterocycles. The predicted octanol–water partition coefficient (Wildman–Crippen LogP) is 2.64. The number of methoxy groups -OCH3 is 1. The van der Waals surface area contributed by atoms with Gasteiger partial charge in [0.1, 0.15) is 11.8 Å². The molecular formula is C21H34N2O3. The summed E-state index contributed by atoms with van der Waals surface area (Å²) in [6.45, 7) is 9.32. The molecule has 0 radical (unpaired) electrons. The first kappa shape index (κ1) is 17.4. The van der Waals surface area contributed by atoms with E-state index in [0.29, 0.717) is 24.0 Å². The van der Waals surface area contributed by atoms with Crippen molar-refractivity contribution in [2.75, 3.05) is 20.2 Å². The molecule has 5 rings (SSSR count). The van der Waals surface area contributed by atoms with E-state index in [1.54, 1.807) is 7.11 Å². The van der Waals surface area contributed by atoms with Crippen LogP contribution < -0.4 is 0 Å². The van der Waals surface area contributed by atoms with E-state index in [0.717, 1.165) is 38.3 Å². The van der Waals surface area contributed by atoms with Crippen molar-refractivity contribution in [3.63, 3.8) is 0 Å². The second-order valence-corrected chi connectivity index (χ2v) is 10.2. The smallest absolute Gasteiger partial charge is 0.326 e. The number of ether oxygens (including phenoxy) is 2. The van der Waals surface area contributed by atoms with E-state index in [9.17, 15) is 4.79 Å². The molecule has 146 valence electrons. The van der Waals surface area contributed by atoms with E-state index in [1.807, 2.05) is 0 Å². The zero-order chi connectivity index (χ0) is 18.3. The second-order valence-electron chi connectivity index (χ2n) is 10.2. The van der Waals surface area contributed by atoms with Crippen molar-refractivity contribution in [1.82, 2.24) is 9.80 Å². The summed E-state index contributed by atoms with van der Waals surface area (Å²) in [6.07, 6.45) is 7.32. The van der Waals surface area contributed by atoms with Crippen LogP contribution in [0, 0.1) is 17.8 Å². The molecule has 0 spiro atoms. The summed E-state index contributed by atoms with van der Waals surface area (Å²) in [7, 11) is 1.54. The Morgan fingerprint density at radius 1 is 1.23 bits per heavy atom. The van der Waals surface area contributed by atoms with Gasteiger partial charge in [0, 0.05) is 18.0 Å². The van der Waals surface area contributed by atoms with E-state index in [1.165, 1.54) is 19.3 Å². The molecule has 5 nitrogen and oxygen atoms in total. The fraction of sp³-hybridized carbons (Fsp3) is 0.952. The second kappa shape index (κ2) is 5.68. The van der Waals surface area contributed by atoms with Crippen LogP contribution in [0.1, 0.15) is 59.3 Å². The predicted molar refractivity (Wildman–Crippen MR) is 98.5 cm³/mol. The molecule has 0 bridgehead atoms. The normalized spacial score (nSPS) is 50.0. The molecule has 1 aliphatic carbocycles. The monoisotopic (exact) mass is 362 g/mol. The lowest BCUT2D eigenvalue weighted by molar-refractivity contribution is -0.232. The van der Waals surface area contributed by atoms with Crippen molar-refractivity contribution in [1.29, 1.82) is 0 Å². The van der Waals surface area contributed by atoms with E-state index in [-0.39, 0.29) is 23.3 Å². The third-order valence-electron chi connectivity index (χ3n) is 8.59. The molecule has 5 fully saturated rings. The van der Waals surface area contributed by atoms with Gasteiger partial charge in [0.05, 0.1) is 19.3 Å². The molecule has 4 aliphatic heterocycles. The number of nitrogens with zero attached hydrogens (tertiary/aromatic N) is 2. The average Bonchev–Trinajstić information content (AvgIpc) is 3.22. The summed E-state index contributed by atoms with van der Waals surface area (Å²) in [5, 5.41) is 0. The molecule has 4 heterocycles. The topological polar surface area (TPSA) is 42.0 Å². The third-order valence-corrected chi connectivity index (χ3v) is 8.59. The Balaban J connectivity index is 1.47. The number of hydrogen-bond donors (Lipinski definition) is 0. The summed E-state index contributed by atoms with van der Waals surface area (Å²) in [4.78, 5) is 17.8. The van der Waals surface area contributed by atoms with Gasteiger partial charge >= 0.3 is 5.97 Å². The van der Waals surface area contributed by atoms with Crippen LogP contribution in [0.5, 0.6) is 0 Å². The summed E-state index contributed by atoms with van der Waals surface area (Å²) in [5.41, 5.74) is -0.188. The molecule has 0 aromatic heterocycles. The lowest BCUT2D eigenvalue weighted by Crippen LogP contribution is -2.66. The minimum absolute atomic E-state index is 0.0183. The zero-order valence-electron chi connectivity index (χ0n) is 16.7. The average molecular weight is 363 g/mol. The summed E-state index contributed by atoms with van der Waals surface area (Å²) >= 11 is 0. The number of carbonyl (C=O) groups excluding carboxylic acids is 1. The van der Waals surface area contributed by atoms with E-state index < -0.39 is 0 Å². The van der Waals surface area contributed by atoms with Gasteiger partial charge in [-0.3, -0.25) is 14.6 Å². The minimum Gasteiger partial charge on any atom is -0.468 e. The number of esters is 1. The maximum Gasteiger partial charge on any atom is 0.326 e. The maximum absolute atomic E-state index is 12.7. The molecular weight excluding hydrogens is 328 g/mol. The van der Waals surface area contributed by atoms with Crippen LogP contribution in [0.3, 0.4) is 0 Å². The Morgan fingerprint density at radius 3 is 2.81 bits per heavy atom. The zero-order valence-corrected chi connectivity index (χ0v) is 16.7. The van der Waals surface area contributed by atoms with Gasteiger partial charge in [0.2, 0.25) is 0 Å². The largest absolute Gasteiger partial charge is 0.468 e. The highest BCUT2D eigenvalue weighted by atomic mass is 16.5. The Bertz CT molecular complexity index is 608. The lowest BCUT2D eigenvalue weighted by Gasteiger charge is -2.56. The molecule has 0 aromatic carbocycles. The van der Waals surface area contributed by atoms with Crippen LogP contribution in [0.25, 0.3) is 0 Å². The minimum atomic E-state index is -0.375. The first-order valence-corrected chi connectivity index (χ1v) is 10.7. The molecule has 0 N–H and O–H groups in total. The van der Waals surface area contributed by atoms with Gasteiger partial charge in [-0.25, -0.2) is 0 Å². The van der Waals surface area contributed by atoms with Crippen molar-refractivity contribution in [3.05, 3.63) is 0 Å². The van der Waals surface area contributed by atoms with Gasteiger partial charge in [0.15, 0.2) is 0 Å². The standard InChI is InChI=1S/C21H34N2O3/c1-13-6-7-15-16(10-13)26-18-17-14(12-23(18)20(15,2)3)11-21(19(24)25-4)8-5-9-22(17)21/h13-18H,5-12H2,1-4H3/t13-,14-,15-,16-,17-,18+,21+/m1/s1. The van der Waals surface area contributed by atoms with Crippen molar-refractivity contribution >= 4 is 5.97 Å². The van der Waals surface area contributed by atoms with Crippen molar-refractivity contribution in [3.8, 4) is 0 Å². The molecule has 0 amide bonds. The number of hydrogen-bond acceptors (Lipinski definition) is 5. The van der Waals surface area contributed by atoms with Crippen LogP contribution in [-0.2, 0) is 14.3 Å². The highest BCUT2D eigenvalue weighted by Gasteiger charge is 2.67. The highest BCUT2D eigenvalue weighted by molar-refractivity contribution is 5.82. The van der Waals surface area contributed by atoms with Crippen molar-refractivity contribution in [2.45, 2.75) is 88.7 Å². The number of carbonyl (C=O) groups is 1. The van der Waals surface area contributed by atoms with E-state index >= 15 is 0 Å². The Kier molecular flexibility index (Phi) is 3.81. The van der Waals surface area contributed by atoms with Crippen LogP contribution in [-0.4, -0.2) is 65.4 Å². The molecule has 0 aromatic rings. The summed E-state index contributed by atoms with van der Waals surface area (Å²) < 4.78 is 12.1. The van der Waals surface area contributed by atoms with Gasteiger partial charge in [0.25, 0.3) is 0 Å². The fourth-order valence-electron chi connectivity index (χ4n) is 7.35. The first-order chi connectivity index (χ1) is 12.4. The maximum atomic E-state index is 12.7. The van der Waals surface area contributed by atoms with E-state index in [2.05, 4.69) is 30.6 Å². The first-order valence-electron chi connectivity index (χ1n) is 10.7. The Hall–Kier alpha value is -0.650. The van der Waals surface area contributed by atoms with Gasteiger partial charge in [-0.05, 0) is 64.3 Å². The quantitative estimate of drug-likeness (QED) is 0.671. The van der Waals surface area contributed by atoms with Crippen LogP contribution in [0.4, 0.5) is 0 Å². The Morgan fingerprint density at radius 2 is 2.04 bits per heavy atom. The Labute approximate surface area is 157 Å². The molecule has 0 unspecified atom stereocenters. The molecule has 26 heavy (non-hydrogen) atoms. The van der Waals surface area contributed by atoms with Crippen LogP contribution >= 0.6 is 0 Å². The summed E-state index contributed by atoms with van der Waals surface area (Å²) in [6, 6.07) is 0.356. The highest BCUT2D eigenvalue weighted by Crippen LogP contribution is 2.56. The fourth-order valence-corrected chi connectivity index (χ4v) is 7.35. The molecule has 5 aliphatic rings.